The van der Waals surface area contributed by atoms with Gasteiger partial charge in [0.2, 0.25) is 0 Å². The Morgan fingerprint density at radius 1 is 1.00 bits per heavy atom. The van der Waals surface area contributed by atoms with Crippen LogP contribution in [0.4, 0.5) is 0 Å². The Morgan fingerprint density at radius 2 is 1.53 bits per heavy atom. The average Bonchev–Trinajstić information content (AvgIpc) is 2.42. The smallest absolute Gasteiger partial charge is 1.00 e. The van der Waals surface area contributed by atoms with E-state index in [1.165, 1.54) is 22.3 Å². The summed E-state index contributed by atoms with van der Waals surface area (Å²) in [5.41, 5.74) is 5.79. The molecule has 0 nitrogen and oxygen atoms in total. The van der Waals surface area contributed by atoms with Gasteiger partial charge in [0.15, 0.2) is 0 Å². The van der Waals surface area contributed by atoms with Gasteiger partial charge in [-0.25, -0.2) is 0 Å². The van der Waals surface area contributed by atoms with Gasteiger partial charge in [0.1, 0.15) is 0 Å². The Labute approximate surface area is 135 Å². The zero-order chi connectivity index (χ0) is 8.72. The molecule has 1 aliphatic carbocycles. The molecule has 0 saturated carbocycles. The molecule has 0 bridgehead atoms. The Hall–Kier alpha value is 1.11. The van der Waals surface area contributed by atoms with Gasteiger partial charge in [-0.3, -0.25) is 0 Å². The summed E-state index contributed by atoms with van der Waals surface area (Å²) in [5, 5.41) is 0. The number of allylic oxidation sites excluding steroid dienone is 1. The molecule has 2 rings (SSSR count). The molecule has 0 aromatic heterocycles. The van der Waals surface area contributed by atoms with Crippen LogP contribution >= 0.6 is 0 Å². The molecule has 0 fully saturated rings. The van der Waals surface area contributed by atoms with Crippen LogP contribution in [0.25, 0.3) is 6.08 Å². The molecule has 1 aromatic rings. The van der Waals surface area contributed by atoms with Crippen LogP contribution in [0, 0.1) is 13.8 Å². The monoisotopic (exact) mass is 428 g/mol. The van der Waals surface area contributed by atoms with Crippen LogP contribution in [0.2, 0.25) is 0 Å². The minimum Gasteiger partial charge on any atom is -1.00 e. The summed E-state index contributed by atoms with van der Waals surface area (Å²) >= 11 is 2.26. The number of halogens is 3. The van der Waals surface area contributed by atoms with E-state index in [-0.39, 0.29) is 50.9 Å². The van der Waals surface area contributed by atoms with E-state index in [0.29, 0.717) is 4.22 Å². The van der Waals surface area contributed by atoms with Crippen LogP contribution in [0.1, 0.15) is 26.5 Å². The SMILES string of the molecule is Cc1ccc(C)c2c1C=C[CH]2[Ti+3].[Br-].[Br-].[Br-]. The first-order chi connectivity index (χ1) is 5.70. The number of hydrogen-bond acceptors (Lipinski definition) is 0. The quantitative estimate of drug-likeness (QED) is 0.360. The van der Waals surface area contributed by atoms with Gasteiger partial charge >= 0.3 is 85.0 Å². The van der Waals surface area contributed by atoms with Crippen molar-refractivity contribution < 1.29 is 71.4 Å². The van der Waals surface area contributed by atoms with Crippen molar-refractivity contribution in [3.05, 3.63) is 40.5 Å². The van der Waals surface area contributed by atoms with E-state index in [1.54, 1.807) is 0 Å². The van der Waals surface area contributed by atoms with Crippen LogP contribution < -0.4 is 50.9 Å². The van der Waals surface area contributed by atoms with Crippen molar-refractivity contribution in [2.45, 2.75) is 18.1 Å². The number of benzene rings is 1. The summed E-state index contributed by atoms with van der Waals surface area (Å²) < 4.78 is 0.611. The van der Waals surface area contributed by atoms with Gasteiger partial charge in [-0.2, -0.15) is 0 Å². The van der Waals surface area contributed by atoms with Crippen molar-refractivity contribution >= 4 is 6.08 Å². The molecular weight excluding hydrogens is 420 g/mol. The number of aryl methyl sites for hydroxylation is 2. The van der Waals surface area contributed by atoms with Gasteiger partial charge in [-0.1, -0.05) is 0 Å². The van der Waals surface area contributed by atoms with Crippen molar-refractivity contribution in [1.29, 1.82) is 0 Å². The Morgan fingerprint density at radius 3 is 2.07 bits per heavy atom. The van der Waals surface area contributed by atoms with Crippen molar-refractivity contribution in [1.82, 2.24) is 0 Å². The zero-order valence-electron chi connectivity index (χ0n) is 8.52. The number of rotatable bonds is 0. The zero-order valence-corrected chi connectivity index (χ0v) is 14.8. The normalized spacial score (nSPS) is 15.9. The summed E-state index contributed by atoms with van der Waals surface area (Å²) in [7, 11) is 0. The van der Waals surface area contributed by atoms with Gasteiger partial charge in [0.05, 0.1) is 0 Å². The molecule has 80 valence electrons. The molecule has 15 heavy (non-hydrogen) atoms. The van der Waals surface area contributed by atoms with E-state index in [4.69, 9.17) is 0 Å². The number of hydrogen-bond donors (Lipinski definition) is 0. The third kappa shape index (κ3) is 3.54. The van der Waals surface area contributed by atoms with Crippen LogP contribution in [0.15, 0.2) is 18.2 Å². The largest absolute Gasteiger partial charge is 1.00 e. The molecule has 0 radical (unpaired) electrons. The van der Waals surface area contributed by atoms with Crippen molar-refractivity contribution in [3.8, 4) is 0 Å². The molecule has 0 heterocycles. The summed E-state index contributed by atoms with van der Waals surface area (Å²) in [4.78, 5) is 0. The first-order valence-corrected chi connectivity index (χ1v) is 5.09. The first kappa shape index (κ1) is 18.5. The summed E-state index contributed by atoms with van der Waals surface area (Å²) in [6.45, 7) is 4.38. The van der Waals surface area contributed by atoms with Crippen LogP contribution in [-0.2, 0) is 20.4 Å². The molecule has 0 saturated heterocycles. The fourth-order valence-electron chi connectivity index (χ4n) is 1.78. The maximum atomic E-state index is 2.28. The molecule has 1 aliphatic rings. The van der Waals surface area contributed by atoms with E-state index < -0.39 is 0 Å². The molecule has 1 atom stereocenters. The van der Waals surface area contributed by atoms with Gasteiger partial charge in [-0.15, -0.1) is 0 Å². The summed E-state index contributed by atoms with van der Waals surface area (Å²) in [6, 6.07) is 4.42. The fraction of sp³-hybridized carbons (Fsp3) is 0.273. The topological polar surface area (TPSA) is 0 Å². The summed E-state index contributed by atoms with van der Waals surface area (Å²) in [6.07, 6.45) is 4.53. The molecule has 1 unspecified atom stereocenters. The second kappa shape index (κ2) is 7.44. The molecule has 0 spiro atoms. The van der Waals surface area contributed by atoms with Gasteiger partial charge in [-0.05, 0) is 0 Å². The maximum Gasteiger partial charge on any atom is -1.00 e. The number of fused-ring (bicyclic) bond motifs is 1. The van der Waals surface area contributed by atoms with E-state index in [0.717, 1.165) is 0 Å². The Balaban J connectivity index is 0. The van der Waals surface area contributed by atoms with E-state index in [1.807, 2.05) is 0 Å². The van der Waals surface area contributed by atoms with E-state index in [2.05, 4.69) is 58.6 Å². The summed E-state index contributed by atoms with van der Waals surface area (Å²) in [5.74, 6) is 0. The predicted molar refractivity (Wildman–Crippen MR) is 47.7 cm³/mol. The van der Waals surface area contributed by atoms with Crippen molar-refractivity contribution in [3.63, 3.8) is 0 Å². The van der Waals surface area contributed by atoms with Gasteiger partial charge < -0.3 is 50.9 Å². The van der Waals surface area contributed by atoms with Crippen LogP contribution in [0.3, 0.4) is 0 Å². The molecule has 1 aromatic carbocycles. The average molecular weight is 431 g/mol. The van der Waals surface area contributed by atoms with Crippen LogP contribution in [-0.4, -0.2) is 0 Å². The van der Waals surface area contributed by atoms with E-state index in [9.17, 15) is 0 Å². The van der Waals surface area contributed by atoms with Gasteiger partial charge in [0.25, 0.3) is 0 Å². The molecule has 0 amide bonds. The minimum absolute atomic E-state index is 0. The standard InChI is InChI=1S/C11H11.3BrH.Ti/c1-8-6-7-9(2)11-5-3-4-10(8)11;;;;/h3-7H,1-2H3;3*1H;/q;;;;+3/p-3. The third-order valence-electron chi connectivity index (χ3n) is 2.49. The Kier molecular flexibility index (Phi) is 9.17. The fourth-order valence-corrected chi connectivity index (χ4v) is 2.53. The van der Waals surface area contributed by atoms with Crippen molar-refractivity contribution in [2.75, 3.05) is 0 Å². The Bertz CT molecular complexity index is 361. The maximum absolute atomic E-state index is 2.28. The first-order valence-electron chi connectivity index (χ1n) is 4.19. The minimum atomic E-state index is 0. The predicted octanol–water partition coefficient (Wildman–Crippen LogP) is -6.07. The van der Waals surface area contributed by atoms with E-state index >= 15 is 0 Å². The molecule has 0 N–H and O–H groups in total. The second-order valence-corrected chi connectivity index (χ2v) is 4.33. The van der Waals surface area contributed by atoms with Gasteiger partial charge in [0, 0.05) is 0 Å². The third-order valence-corrected chi connectivity index (χ3v) is 3.24. The molecule has 4 heteroatoms. The van der Waals surface area contributed by atoms with Crippen molar-refractivity contribution in [2.24, 2.45) is 0 Å². The molecule has 0 aliphatic heterocycles. The van der Waals surface area contributed by atoms with Crippen LogP contribution in [0.5, 0.6) is 0 Å². The second-order valence-electron chi connectivity index (χ2n) is 3.36. The molecular formula is C11H11Br3Ti.